The zero-order valence-electron chi connectivity index (χ0n) is 16.6. The Morgan fingerprint density at radius 1 is 1.11 bits per heavy atom. The highest BCUT2D eigenvalue weighted by molar-refractivity contribution is 6.33. The summed E-state index contributed by atoms with van der Waals surface area (Å²) in [4.78, 5) is 7.06. The minimum absolute atomic E-state index is 0.0239. The van der Waals surface area contributed by atoms with Crippen molar-refractivity contribution in [2.24, 2.45) is 4.99 Å². The van der Waals surface area contributed by atoms with E-state index >= 15 is 0 Å². The average Bonchev–Trinajstić information content (AvgIpc) is 2.60. The number of aliphatic imine (C=N–C) groups is 1. The average molecular weight is 401 g/mol. The smallest absolute Gasteiger partial charge is 0.0673 e. The summed E-state index contributed by atoms with van der Waals surface area (Å²) >= 11 is 12.8. The van der Waals surface area contributed by atoms with Crippen LogP contribution in [0, 0.1) is 6.92 Å². The molecule has 1 heterocycles. The van der Waals surface area contributed by atoms with E-state index in [-0.39, 0.29) is 5.54 Å². The van der Waals surface area contributed by atoms with Gasteiger partial charge in [-0.1, -0.05) is 42.3 Å². The number of allylic oxidation sites excluding steroid dienone is 1. The normalized spacial score (nSPS) is 15.8. The Morgan fingerprint density at radius 2 is 1.85 bits per heavy atom. The number of nitrogens with zero attached hydrogens (tertiary/aromatic N) is 2. The van der Waals surface area contributed by atoms with Crippen molar-refractivity contribution >= 4 is 46.4 Å². The molecule has 0 bridgehead atoms. The molecule has 0 atom stereocenters. The van der Waals surface area contributed by atoms with Crippen LogP contribution in [0.1, 0.15) is 50.8 Å². The summed E-state index contributed by atoms with van der Waals surface area (Å²) in [7, 11) is 0. The van der Waals surface area contributed by atoms with Crippen molar-refractivity contribution in [3.8, 4) is 0 Å². The van der Waals surface area contributed by atoms with Crippen molar-refractivity contribution < 1.29 is 0 Å². The van der Waals surface area contributed by atoms with Gasteiger partial charge < -0.3 is 4.90 Å². The fourth-order valence-electron chi connectivity index (χ4n) is 3.72. The van der Waals surface area contributed by atoms with Crippen LogP contribution in [0.3, 0.4) is 0 Å². The summed E-state index contributed by atoms with van der Waals surface area (Å²) in [5, 5.41) is 1.43. The summed E-state index contributed by atoms with van der Waals surface area (Å²) in [5.41, 5.74) is 6.41. The standard InChI is InChI=1S/C23H26Cl2N2/c1-6-10-27-22-12-20(25)17(11-18(22)15(2)13-23(27,4)5)14-26-21-9-7-8-19(24)16(21)3/h7-9,11-14H,6,10H2,1-5H3. The van der Waals surface area contributed by atoms with Crippen LogP contribution in [0.2, 0.25) is 10.0 Å². The molecule has 1 aliphatic heterocycles. The maximum absolute atomic E-state index is 6.64. The van der Waals surface area contributed by atoms with Crippen molar-refractivity contribution in [3.05, 3.63) is 63.1 Å². The van der Waals surface area contributed by atoms with Crippen LogP contribution in [0.25, 0.3) is 5.57 Å². The second-order valence-corrected chi connectivity index (χ2v) is 8.48. The first-order valence-electron chi connectivity index (χ1n) is 9.35. The zero-order chi connectivity index (χ0) is 19.8. The molecule has 4 heteroatoms. The lowest BCUT2D eigenvalue weighted by molar-refractivity contribution is 0.550. The second-order valence-electron chi connectivity index (χ2n) is 7.67. The van der Waals surface area contributed by atoms with Crippen LogP contribution >= 0.6 is 23.2 Å². The number of benzene rings is 2. The van der Waals surface area contributed by atoms with Gasteiger partial charge in [0.2, 0.25) is 0 Å². The molecule has 0 aliphatic carbocycles. The van der Waals surface area contributed by atoms with Gasteiger partial charge in [0.1, 0.15) is 0 Å². The van der Waals surface area contributed by atoms with Crippen molar-refractivity contribution in [2.45, 2.75) is 46.6 Å². The molecule has 0 aromatic heterocycles. The third-order valence-corrected chi connectivity index (χ3v) is 5.86. The SMILES string of the molecule is CCCN1c2cc(Cl)c(C=Nc3cccc(Cl)c3C)cc2C(C)=CC1(C)C. The summed E-state index contributed by atoms with van der Waals surface area (Å²) in [6.45, 7) is 11.8. The molecule has 0 saturated heterocycles. The lowest BCUT2D eigenvalue weighted by atomic mass is 9.88. The molecule has 27 heavy (non-hydrogen) atoms. The molecule has 142 valence electrons. The molecule has 0 spiro atoms. The van der Waals surface area contributed by atoms with Crippen LogP contribution in [-0.4, -0.2) is 18.3 Å². The van der Waals surface area contributed by atoms with Crippen LogP contribution in [0.4, 0.5) is 11.4 Å². The van der Waals surface area contributed by atoms with E-state index in [9.17, 15) is 0 Å². The van der Waals surface area contributed by atoms with Gasteiger partial charge in [0, 0.05) is 34.6 Å². The molecular weight excluding hydrogens is 375 g/mol. The van der Waals surface area contributed by atoms with Gasteiger partial charge in [0.05, 0.1) is 16.2 Å². The third-order valence-electron chi connectivity index (χ3n) is 5.13. The van der Waals surface area contributed by atoms with Gasteiger partial charge in [0.25, 0.3) is 0 Å². The molecule has 0 unspecified atom stereocenters. The molecular formula is C23H26Cl2N2. The highest BCUT2D eigenvalue weighted by Crippen LogP contribution is 2.41. The molecule has 0 N–H and O–H groups in total. The molecule has 2 aromatic carbocycles. The Balaban J connectivity index is 2.05. The van der Waals surface area contributed by atoms with Crippen molar-refractivity contribution in [3.63, 3.8) is 0 Å². The third kappa shape index (κ3) is 3.93. The fraction of sp³-hybridized carbons (Fsp3) is 0.348. The predicted molar refractivity (Wildman–Crippen MR) is 120 cm³/mol. The Bertz CT molecular complexity index is 926. The Morgan fingerprint density at radius 3 is 2.56 bits per heavy atom. The van der Waals surface area contributed by atoms with Gasteiger partial charge in [-0.3, -0.25) is 4.99 Å². The number of halogens is 2. The summed E-state index contributed by atoms with van der Waals surface area (Å²) in [6.07, 6.45) is 5.25. The van der Waals surface area contributed by atoms with Crippen LogP contribution in [0.5, 0.6) is 0 Å². The second kappa shape index (κ2) is 7.69. The van der Waals surface area contributed by atoms with Gasteiger partial charge in [-0.25, -0.2) is 0 Å². The number of rotatable bonds is 4. The summed E-state index contributed by atoms with van der Waals surface area (Å²) < 4.78 is 0. The molecule has 3 rings (SSSR count). The number of hydrogen-bond donors (Lipinski definition) is 0. The van der Waals surface area contributed by atoms with Crippen LogP contribution in [0.15, 0.2) is 41.4 Å². The fourth-order valence-corrected chi connectivity index (χ4v) is 4.10. The van der Waals surface area contributed by atoms with Crippen molar-refractivity contribution in [1.29, 1.82) is 0 Å². The first kappa shape index (κ1) is 20.0. The van der Waals surface area contributed by atoms with E-state index in [1.165, 1.54) is 16.8 Å². The Labute approximate surface area is 172 Å². The largest absolute Gasteiger partial charge is 0.362 e. The highest BCUT2D eigenvalue weighted by atomic mass is 35.5. The molecule has 0 radical (unpaired) electrons. The first-order chi connectivity index (χ1) is 12.7. The van der Waals surface area contributed by atoms with Crippen molar-refractivity contribution in [1.82, 2.24) is 0 Å². The highest BCUT2D eigenvalue weighted by Gasteiger charge is 2.31. The maximum atomic E-state index is 6.64. The molecule has 2 nitrogen and oxygen atoms in total. The monoisotopic (exact) mass is 400 g/mol. The molecule has 2 aromatic rings. The minimum atomic E-state index is -0.0239. The Hall–Kier alpha value is -1.77. The minimum Gasteiger partial charge on any atom is -0.362 e. The van der Waals surface area contributed by atoms with E-state index in [1.54, 1.807) is 0 Å². The van der Waals surface area contributed by atoms with E-state index in [0.717, 1.165) is 34.8 Å². The van der Waals surface area contributed by atoms with Gasteiger partial charge in [0.15, 0.2) is 0 Å². The van der Waals surface area contributed by atoms with E-state index in [2.05, 4.69) is 55.8 Å². The van der Waals surface area contributed by atoms with E-state index < -0.39 is 0 Å². The topological polar surface area (TPSA) is 15.6 Å². The van der Waals surface area contributed by atoms with Gasteiger partial charge in [-0.05, 0) is 69.5 Å². The molecule has 0 saturated carbocycles. The summed E-state index contributed by atoms with van der Waals surface area (Å²) in [5.74, 6) is 0. The van der Waals surface area contributed by atoms with Crippen LogP contribution < -0.4 is 4.90 Å². The van der Waals surface area contributed by atoms with E-state index in [4.69, 9.17) is 23.2 Å². The van der Waals surface area contributed by atoms with Gasteiger partial charge >= 0.3 is 0 Å². The van der Waals surface area contributed by atoms with Gasteiger partial charge in [-0.15, -0.1) is 0 Å². The first-order valence-corrected chi connectivity index (χ1v) is 10.1. The lowest BCUT2D eigenvalue weighted by Crippen LogP contribution is -2.45. The van der Waals surface area contributed by atoms with E-state index in [1.807, 2.05) is 31.3 Å². The Kier molecular flexibility index (Phi) is 5.69. The van der Waals surface area contributed by atoms with Crippen molar-refractivity contribution in [2.75, 3.05) is 11.4 Å². The molecule has 0 amide bonds. The predicted octanol–water partition coefficient (Wildman–Crippen LogP) is 7.46. The van der Waals surface area contributed by atoms with Crippen LogP contribution in [-0.2, 0) is 0 Å². The number of anilines is 1. The number of fused-ring (bicyclic) bond motifs is 1. The lowest BCUT2D eigenvalue weighted by Gasteiger charge is -2.43. The summed E-state index contributed by atoms with van der Waals surface area (Å²) in [6, 6.07) is 9.97. The number of hydrogen-bond acceptors (Lipinski definition) is 2. The van der Waals surface area contributed by atoms with E-state index in [0.29, 0.717) is 5.02 Å². The van der Waals surface area contributed by atoms with Gasteiger partial charge in [-0.2, -0.15) is 0 Å². The maximum Gasteiger partial charge on any atom is 0.0673 e. The molecule has 0 fully saturated rings. The molecule has 1 aliphatic rings. The zero-order valence-corrected chi connectivity index (χ0v) is 18.1. The quantitative estimate of drug-likeness (QED) is 0.485.